The van der Waals surface area contributed by atoms with Gasteiger partial charge in [0.05, 0.1) is 0 Å². The van der Waals surface area contributed by atoms with E-state index in [1.807, 2.05) is 6.20 Å². The lowest BCUT2D eigenvalue weighted by molar-refractivity contribution is -0.124. The average Bonchev–Trinajstić information content (AvgIpc) is 3.59. The second-order valence-electron chi connectivity index (χ2n) is 9.12. The number of aryl methyl sites for hydroxylation is 2. The summed E-state index contributed by atoms with van der Waals surface area (Å²) in [6, 6.07) is 15.5. The number of carbonyl (C=O) groups is 1. The minimum absolute atomic E-state index is 0.358. The molecule has 2 heterocycles. The van der Waals surface area contributed by atoms with Gasteiger partial charge < -0.3 is 9.97 Å². The first-order chi connectivity index (χ1) is 16.6. The Hall–Kier alpha value is -3.61. The molecule has 1 aliphatic rings. The molecule has 0 spiro atoms. The third-order valence-electron chi connectivity index (χ3n) is 6.83. The predicted molar refractivity (Wildman–Crippen MR) is 134 cm³/mol. The van der Waals surface area contributed by atoms with E-state index in [-0.39, 0.29) is 0 Å². The minimum Gasteiger partial charge on any atom is -0.367 e. The smallest absolute Gasteiger partial charge is 0.267 e. The third-order valence-corrected chi connectivity index (χ3v) is 6.83. The van der Waals surface area contributed by atoms with Crippen LogP contribution in [0.5, 0.6) is 0 Å². The summed E-state index contributed by atoms with van der Waals surface area (Å²) in [5.74, 6) is -0.525. The Morgan fingerprint density at radius 3 is 2.94 bits per heavy atom. The minimum atomic E-state index is -0.525. The molecule has 34 heavy (non-hydrogen) atoms. The van der Waals surface area contributed by atoms with Gasteiger partial charge in [-0.25, -0.2) is 5.48 Å². The zero-order valence-corrected chi connectivity index (χ0v) is 19.3. The van der Waals surface area contributed by atoms with Crippen LogP contribution in [0.3, 0.4) is 0 Å². The molecule has 2 aromatic heterocycles. The van der Waals surface area contributed by atoms with Crippen LogP contribution in [0.25, 0.3) is 17.0 Å². The first-order valence-electron chi connectivity index (χ1n) is 11.8. The second kappa shape index (κ2) is 9.71. The van der Waals surface area contributed by atoms with Crippen LogP contribution in [0.1, 0.15) is 45.8 Å². The number of amides is 1. The van der Waals surface area contributed by atoms with Gasteiger partial charge in [0.15, 0.2) is 0 Å². The van der Waals surface area contributed by atoms with Crippen molar-refractivity contribution in [2.75, 3.05) is 6.54 Å². The number of hydrogen-bond acceptors (Lipinski definition) is 3. The quantitative estimate of drug-likeness (QED) is 0.171. The highest BCUT2D eigenvalue weighted by Gasteiger charge is 2.28. The van der Waals surface area contributed by atoms with Crippen molar-refractivity contribution in [3.63, 3.8) is 0 Å². The van der Waals surface area contributed by atoms with Gasteiger partial charge in [-0.05, 0) is 77.8 Å². The zero-order chi connectivity index (χ0) is 23.5. The molecule has 5 rings (SSSR count). The summed E-state index contributed by atoms with van der Waals surface area (Å²) in [5, 5.41) is 10.0. The van der Waals surface area contributed by atoms with E-state index in [1.165, 1.54) is 44.8 Å². The topological polar surface area (TPSA) is 84.2 Å². The second-order valence-corrected chi connectivity index (χ2v) is 9.12. The third kappa shape index (κ3) is 4.69. The molecule has 0 bridgehead atoms. The number of nitrogens with zero attached hydrogens (tertiary/aromatic N) is 1. The molecular formula is C28H30N4O2. The maximum absolute atomic E-state index is 11.3. The van der Waals surface area contributed by atoms with Gasteiger partial charge in [-0.1, -0.05) is 30.3 Å². The van der Waals surface area contributed by atoms with Crippen LogP contribution in [-0.4, -0.2) is 32.5 Å². The molecule has 6 nitrogen and oxygen atoms in total. The molecule has 4 N–H and O–H groups in total. The summed E-state index contributed by atoms with van der Waals surface area (Å²) in [4.78, 5) is 20.5. The number of hydrogen-bond donors (Lipinski definition) is 4. The van der Waals surface area contributed by atoms with E-state index in [9.17, 15) is 4.79 Å². The molecule has 1 atom stereocenters. The van der Waals surface area contributed by atoms with Crippen molar-refractivity contribution in [2.45, 2.75) is 38.8 Å². The Labute approximate surface area is 199 Å². The number of carbonyl (C=O) groups excluding carboxylic acids is 1. The fourth-order valence-corrected chi connectivity index (χ4v) is 5.11. The maximum atomic E-state index is 11.3. The summed E-state index contributed by atoms with van der Waals surface area (Å²) < 4.78 is 0. The molecule has 6 heteroatoms. The highest BCUT2D eigenvalue weighted by Crippen LogP contribution is 2.37. The number of fused-ring (bicyclic) bond motifs is 2. The molecule has 0 aliphatic heterocycles. The van der Waals surface area contributed by atoms with Gasteiger partial charge in [-0.15, -0.1) is 0 Å². The Balaban J connectivity index is 1.37. The molecule has 1 aliphatic carbocycles. The standard InChI is InChI=1S/C28H30N4O2/c1-19-2-6-24-23(17-30-26(24)14-19)11-13-32(18-21-10-12-29-16-21)27-8-5-22-15-20(3-7-25(22)27)4-9-28(33)31-34/h2-4,6-7,9-10,12,14-17,27,29-30,34H,5,8,11,13,18H2,1H3,(H,31,33)/b9-4+. The van der Waals surface area contributed by atoms with Gasteiger partial charge >= 0.3 is 0 Å². The fourth-order valence-electron chi connectivity index (χ4n) is 5.11. The van der Waals surface area contributed by atoms with Crippen molar-refractivity contribution in [3.05, 3.63) is 101 Å². The van der Waals surface area contributed by atoms with Crippen LogP contribution >= 0.6 is 0 Å². The first-order valence-corrected chi connectivity index (χ1v) is 11.8. The van der Waals surface area contributed by atoms with Gasteiger partial charge in [0.2, 0.25) is 0 Å². The molecule has 1 amide bonds. The number of hydroxylamine groups is 1. The van der Waals surface area contributed by atoms with Crippen LogP contribution in [0, 0.1) is 6.92 Å². The maximum Gasteiger partial charge on any atom is 0.267 e. The Bertz CT molecular complexity index is 1320. The predicted octanol–water partition coefficient (Wildman–Crippen LogP) is 5.06. The summed E-state index contributed by atoms with van der Waals surface area (Å²) >= 11 is 0. The van der Waals surface area contributed by atoms with E-state index in [0.29, 0.717) is 6.04 Å². The Morgan fingerprint density at radius 2 is 2.12 bits per heavy atom. The fraction of sp³-hybridized carbons (Fsp3) is 0.250. The lowest BCUT2D eigenvalue weighted by Gasteiger charge is -2.29. The average molecular weight is 455 g/mol. The number of nitrogens with one attached hydrogen (secondary N) is 3. The van der Waals surface area contributed by atoms with Gasteiger partial charge in [0.25, 0.3) is 5.91 Å². The van der Waals surface area contributed by atoms with E-state index in [2.05, 4.69) is 76.6 Å². The van der Waals surface area contributed by atoms with Crippen LogP contribution in [0.2, 0.25) is 0 Å². The molecular weight excluding hydrogens is 424 g/mol. The summed E-state index contributed by atoms with van der Waals surface area (Å²) in [5.41, 5.74) is 10.4. The van der Waals surface area contributed by atoms with E-state index in [0.717, 1.165) is 37.9 Å². The molecule has 4 aromatic rings. The van der Waals surface area contributed by atoms with Crippen molar-refractivity contribution in [1.82, 2.24) is 20.3 Å². The largest absolute Gasteiger partial charge is 0.367 e. The zero-order valence-electron chi connectivity index (χ0n) is 19.3. The number of aromatic nitrogens is 2. The molecule has 0 saturated heterocycles. The van der Waals surface area contributed by atoms with Crippen molar-refractivity contribution in [2.24, 2.45) is 0 Å². The number of benzene rings is 2. The molecule has 0 saturated carbocycles. The van der Waals surface area contributed by atoms with Crippen LogP contribution in [0.15, 0.2) is 67.1 Å². The van der Waals surface area contributed by atoms with E-state index in [4.69, 9.17) is 5.21 Å². The van der Waals surface area contributed by atoms with Crippen molar-refractivity contribution < 1.29 is 10.0 Å². The van der Waals surface area contributed by atoms with Crippen molar-refractivity contribution in [1.29, 1.82) is 0 Å². The van der Waals surface area contributed by atoms with Gasteiger partial charge in [-0.3, -0.25) is 14.9 Å². The lowest BCUT2D eigenvalue weighted by atomic mass is 10.0. The summed E-state index contributed by atoms with van der Waals surface area (Å²) in [6.07, 6.45) is 12.4. The van der Waals surface area contributed by atoms with E-state index in [1.54, 1.807) is 11.6 Å². The van der Waals surface area contributed by atoms with Crippen LogP contribution in [-0.2, 0) is 24.2 Å². The highest BCUT2D eigenvalue weighted by molar-refractivity contribution is 5.90. The number of H-pyrrole nitrogens is 2. The number of rotatable bonds is 8. The van der Waals surface area contributed by atoms with Crippen molar-refractivity contribution >= 4 is 22.9 Å². The van der Waals surface area contributed by atoms with Crippen LogP contribution < -0.4 is 5.48 Å². The Morgan fingerprint density at radius 1 is 1.21 bits per heavy atom. The van der Waals surface area contributed by atoms with Crippen molar-refractivity contribution in [3.8, 4) is 0 Å². The van der Waals surface area contributed by atoms with Gasteiger partial charge in [0.1, 0.15) is 0 Å². The van der Waals surface area contributed by atoms with E-state index < -0.39 is 5.91 Å². The normalized spacial score (nSPS) is 15.4. The molecule has 2 aromatic carbocycles. The van der Waals surface area contributed by atoms with E-state index >= 15 is 0 Å². The monoisotopic (exact) mass is 454 g/mol. The molecule has 1 unspecified atom stereocenters. The highest BCUT2D eigenvalue weighted by atomic mass is 16.5. The SMILES string of the molecule is Cc1ccc2c(CCN(Cc3cc[nH]c3)C3CCc4cc(/C=C/C(=O)NO)ccc43)c[nH]c2c1. The lowest BCUT2D eigenvalue weighted by Crippen LogP contribution is -2.29. The number of aromatic amines is 2. The van der Waals surface area contributed by atoms with Gasteiger partial charge in [0, 0.05) is 54.7 Å². The molecule has 0 radical (unpaired) electrons. The van der Waals surface area contributed by atoms with Crippen LogP contribution in [0.4, 0.5) is 0 Å². The first kappa shape index (κ1) is 22.2. The molecule has 174 valence electrons. The van der Waals surface area contributed by atoms with Gasteiger partial charge in [-0.2, -0.15) is 0 Å². The summed E-state index contributed by atoms with van der Waals surface area (Å²) in [6.45, 7) is 3.99. The molecule has 0 fully saturated rings. The summed E-state index contributed by atoms with van der Waals surface area (Å²) in [7, 11) is 0. The Kier molecular flexibility index (Phi) is 6.34.